The summed E-state index contributed by atoms with van der Waals surface area (Å²) in [6.45, 7) is 1.57. The number of hydrogen-bond acceptors (Lipinski definition) is 5. The summed E-state index contributed by atoms with van der Waals surface area (Å²) in [5.74, 6) is -1.83. The molecule has 0 spiro atoms. The van der Waals surface area contributed by atoms with Crippen LogP contribution in [-0.4, -0.2) is 23.5 Å². The van der Waals surface area contributed by atoms with Crippen LogP contribution in [0.1, 0.15) is 38.9 Å². The normalized spacial score (nSPS) is 12.0. The molecule has 3 aromatic rings. The molecule has 152 valence electrons. The number of hydrogen-bond donors (Lipinski definition) is 1. The molecule has 0 bridgehead atoms. The van der Waals surface area contributed by atoms with Crippen LogP contribution in [0.2, 0.25) is 0 Å². The predicted molar refractivity (Wildman–Crippen MR) is 104 cm³/mol. The first-order chi connectivity index (χ1) is 14.4. The molecule has 0 saturated heterocycles. The van der Waals surface area contributed by atoms with E-state index in [9.17, 15) is 18.4 Å². The molecule has 8 heteroatoms. The fourth-order valence-corrected chi connectivity index (χ4v) is 3.16. The molecule has 1 amide bonds. The van der Waals surface area contributed by atoms with Crippen molar-refractivity contribution in [2.75, 3.05) is 12.1 Å². The van der Waals surface area contributed by atoms with Gasteiger partial charge in [0.15, 0.2) is 17.3 Å². The van der Waals surface area contributed by atoms with E-state index in [4.69, 9.17) is 9.47 Å². The summed E-state index contributed by atoms with van der Waals surface area (Å²) >= 11 is 0. The third-order valence-corrected chi connectivity index (χ3v) is 4.62. The maximum atomic E-state index is 13.7. The first-order valence-electron chi connectivity index (χ1n) is 9.06. The molecule has 0 radical (unpaired) electrons. The van der Waals surface area contributed by atoms with Crippen molar-refractivity contribution in [1.29, 1.82) is 0 Å². The van der Waals surface area contributed by atoms with Crippen molar-refractivity contribution in [3.8, 4) is 11.5 Å². The molecule has 0 unspecified atom stereocenters. The van der Waals surface area contributed by atoms with Crippen LogP contribution < -0.4 is 14.8 Å². The molecular formula is C22H16F2N2O4. The lowest BCUT2D eigenvalue weighted by molar-refractivity contribution is 0.100. The number of fused-ring (bicyclic) bond motifs is 1. The Hall–Kier alpha value is -3.81. The van der Waals surface area contributed by atoms with Crippen molar-refractivity contribution in [2.24, 2.45) is 0 Å². The fraction of sp³-hybridized carbons (Fsp3) is 0.136. The predicted octanol–water partition coefficient (Wildman–Crippen LogP) is 4.13. The van der Waals surface area contributed by atoms with Gasteiger partial charge in [-0.3, -0.25) is 14.6 Å². The maximum Gasteiger partial charge on any atom is 0.261 e. The maximum absolute atomic E-state index is 13.7. The van der Waals surface area contributed by atoms with Gasteiger partial charge in [-0.05, 0) is 48.9 Å². The number of nitrogens with zero attached hydrogens (tertiary/aromatic N) is 1. The van der Waals surface area contributed by atoms with Crippen LogP contribution in [-0.2, 0) is 6.42 Å². The van der Waals surface area contributed by atoms with Crippen LogP contribution in [0.5, 0.6) is 11.5 Å². The van der Waals surface area contributed by atoms with Crippen molar-refractivity contribution in [3.05, 3.63) is 82.7 Å². The molecule has 4 rings (SSSR count). The zero-order chi connectivity index (χ0) is 21.3. The number of benzene rings is 2. The Morgan fingerprint density at radius 3 is 2.40 bits per heavy atom. The summed E-state index contributed by atoms with van der Waals surface area (Å²) in [6.07, 6.45) is 1.73. The Balaban J connectivity index is 1.52. The molecule has 0 aliphatic carbocycles. The van der Waals surface area contributed by atoms with Gasteiger partial charge in [0.25, 0.3) is 5.91 Å². The van der Waals surface area contributed by atoms with Crippen molar-refractivity contribution in [1.82, 2.24) is 4.98 Å². The van der Waals surface area contributed by atoms with E-state index in [2.05, 4.69) is 10.3 Å². The van der Waals surface area contributed by atoms with Gasteiger partial charge in [0, 0.05) is 17.7 Å². The second kappa shape index (κ2) is 7.90. The van der Waals surface area contributed by atoms with Crippen molar-refractivity contribution < 1.29 is 27.8 Å². The van der Waals surface area contributed by atoms with Gasteiger partial charge >= 0.3 is 0 Å². The number of halogens is 2. The number of carbonyl (C=O) groups excluding carboxylic acids is 2. The van der Waals surface area contributed by atoms with Crippen LogP contribution in [0.3, 0.4) is 0 Å². The second-order valence-electron chi connectivity index (χ2n) is 6.68. The molecule has 1 N–H and O–H groups in total. The molecule has 2 aromatic carbocycles. The van der Waals surface area contributed by atoms with E-state index in [1.165, 1.54) is 19.2 Å². The monoisotopic (exact) mass is 410 g/mol. The Kier molecular flexibility index (Phi) is 5.14. The summed E-state index contributed by atoms with van der Waals surface area (Å²) in [7, 11) is 0. The number of pyridine rings is 1. The van der Waals surface area contributed by atoms with Gasteiger partial charge in [-0.25, -0.2) is 8.78 Å². The van der Waals surface area contributed by atoms with Gasteiger partial charge in [-0.1, -0.05) is 6.07 Å². The van der Waals surface area contributed by atoms with E-state index in [1.807, 2.05) is 0 Å². The number of nitrogens with one attached hydrogen (secondary N) is 1. The van der Waals surface area contributed by atoms with Crippen LogP contribution in [0.4, 0.5) is 14.5 Å². The SMILES string of the molecule is CC(=O)c1cc2c(cc1Cc1ccc(NC(=O)c3c(F)cccc3F)cn1)OCO2. The summed E-state index contributed by atoms with van der Waals surface area (Å²) < 4.78 is 38.2. The average Bonchev–Trinajstić information content (AvgIpc) is 3.16. The van der Waals surface area contributed by atoms with Gasteiger partial charge in [0.05, 0.1) is 11.9 Å². The van der Waals surface area contributed by atoms with Crippen LogP contribution in [0.15, 0.2) is 48.7 Å². The molecule has 1 aromatic heterocycles. The highest BCUT2D eigenvalue weighted by Crippen LogP contribution is 2.35. The zero-order valence-corrected chi connectivity index (χ0v) is 15.9. The van der Waals surface area contributed by atoms with E-state index < -0.39 is 23.1 Å². The third-order valence-electron chi connectivity index (χ3n) is 4.62. The molecule has 0 atom stereocenters. The molecule has 0 fully saturated rings. The molecule has 1 aliphatic heterocycles. The zero-order valence-electron chi connectivity index (χ0n) is 15.9. The van der Waals surface area contributed by atoms with E-state index in [-0.39, 0.29) is 18.3 Å². The Morgan fingerprint density at radius 1 is 1.07 bits per heavy atom. The lowest BCUT2D eigenvalue weighted by Gasteiger charge is -2.10. The number of ether oxygens (including phenoxy) is 2. The summed E-state index contributed by atoms with van der Waals surface area (Å²) in [4.78, 5) is 28.4. The lowest BCUT2D eigenvalue weighted by atomic mass is 9.99. The molecular weight excluding hydrogens is 394 g/mol. The molecule has 2 heterocycles. The van der Waals surface area contributed by atoms with E-state index in [0.717, 1.165) is 17.7 Å². The van der Waals surface area contributed by atoms with Crippen molar-refractivity contribution >= 4 is 17.4 Å². The highest BCUT2D eigenvalue weighted by Gasteiger charge is 2.20. The highest BCUT2D eigenvalue weighted by molar-refractivity contribution is 6.04. The Morgan fingerprint density at radius 2 is 1.77 bits per heavy atom. The van der Waals surface area contributed by atoms with Gasteiger partial charge in [0.1, 0.15) is 17.2 Å². The van der Waals surface area contributed by atoms with Crippen LogP contribution in [0.25, 0.3) is 0 Å². The number of anilines is 1. The van der Waals surface area contributed by atoms with Gasteiger partial charge in [-0.15, -0.1) is 0 Å². The minimum Gasteiger partial charge on any atom is -0.454 e. The first kappa shape index (κ1) is 19.5. The van der Waals surface area contributed by atoms with Gasteiger partial charge in [0.2, 0.25) is 6.79 Å². The van der Waals surface area contributed by atoms with Crippen molar-refractivity contribution in [2.45, 2.75) is 13.3 Å². The quantitative estimate of drug-likeness (QED) is 0.640. The second-order valence-corrected chi connectivity index (χ2v) is 6.68. The Bertz CT molecular complexity index is 1130. The number of carbonyl (C=O) groups is 2. The van der Waals surface area contributed by atoms with Gasteiger partial charge in [-0.2, -0.15) is 0 Å². The van der Waals surface area contributed by atoms with E-state index >= 15 is 0 Å². The third kappa shape index (κ3) is 3.84. The number of ketones is 1. The number of rotatable bonds is 5. The van der Waals surface area contributed by atoms with Crippen LogP contribution in [0, 0.1) is 11.6 Å². The van der Waals surface area contributed by atoms with Gasteiger partial charge < -0.3 is 14.8 Å². The molecule has 1 aliphatic rings. The standard InChI is InChI=1S/C22H16F2N2O4/c1-12(27)16-9-20-19(29-11-30-20)8-13(16)7-14-5-6-15(10-25-14)26-22(28)21-17(23)3-2-4-18(21)24/h2-6,8-10H,7,11H2,1H3,(H,26,28). The Labute approximate surface area is 170 Å². The molecule has 30 heavy (non-hydrogen) atoms. The topological polar surface area (TPSA) is 77.5 Å². The average molecular weight is 410 g/mol. The van der Waals surface area contributed by atoms with E-state index in [0.29, 0.717) is 29.2 Å². The number of aromatic nitrogens is 1. The smallest absolute Gasteiger partial charge is 0.261 e. The number of Topliss-reactive ketones (excluding diaryl/α,β-unsaturated/α-hetero) is 1. The van der Waals surface area contributed by atoms with E-state index in [1.54, 1.807) is 24.3 Å². The van der Waals surface area contributed by atoms with Crippen LogP contribution >= 0.6 is 0 Å². The largest absolute Gasteiger partial charge is 0.454 e. The minimum absolute atomic E-state index is 0.103. The lowest BCUT2D eigenvalue weighted by Crippen LogP contribution is -2.16. The first-order valence-corrected chi connectivity index (χ1v) is 9.06. The minimum atomic E-state index is -0.948. The fourth-order valence-electron chi connectivity index (χ4n) is 3.16. The van der Waals surface area contributed by atoms with Crippen molar-refractivity contribution in [3.63, 3.8) is 0 Å². The highest BCUT2D eigenvalue weighted by atomic mass is 19.1. The summed E-state index contributed by atoms with van der Waals surface area (Å²) in [6, 6.07) is 9.83. The molecule has 0 saturated carbocycles. The number of amides is 1. The molecule has 6 nitrogen and oxygen atoms in total. The summed E-state index contributed by atoms with van der Waals surface area (Å²) in [5, 5.41) is 2.42. The summed E-state index contributed by atoms with van der Waals surface area (Å²) in [5.41, 5.74) is 1.49.